The van der Waals surface area contributed by atoms with Crippen LogP contribution < -0.4 is 5.32 Å². The third kappa shape index (κ3) is 3.72. The molecule has 0 saturated carbocycles. The van der Waals surface area contributed by atoms with Gasteiger partial charge in [-0.25, -0.2) is 0 Å². The molecule has 2 unspecified atom stereocenters. The van der Waals surface area contributed by atoms with Gasteiger partial charge in [0.2, 0.25) is 0 Å². The summed E-state index contributed by atoms with van der Waals surface area (Å²) in [6.45, 7) is 4.53. The normalized spacial score (nSPS) is 24.5. The van der Waals surface area contributed by atoms with Crippen molar-refractivity contribution in [1.29, 1.82) is 0 Å². The van der Waals surface area contributed by atoms with E-state index in [4.69, 9.17) is 0 Å². The lowest BCUT2D eigenvalue weighted by molar-refractivity contribution is -0.183. The third-order valence-electron chi connectivity index (χ3n) is 4.01. The largest absolute Gasteiger partial charge is 0.391 e. The van der Waals surface area contributed by atoms with Crippen LogP contribution in [0.25, 0.3) is 0 Å². The number of nitrogens with one attached hydrogen (secondary N) is 1. The molecule has 1 N–H and O–H groups in total. The van der Waals surface area contributed by atoms with Crippen molar-refractivity contribution in [3.05, 3.63) is 34.9 Å². The summed E-state index contributed by atoms with van der Waals surface area (Å²) in [5, 5.41) is 3.20. The zero-order valence-electron chi connectivity index (χ0n) is 11.3. The van der Waals surface area contributed by atoms with E-state index in [1.54, 1.807) is 0 Å². The van der Waals surface area contributed by atoms with Gasteiger partial charge in [-0.1, -0.05) is 18.2 Å². The summed E-state index contributed by atoms with van der Waals surface area (Å²) >= 11 is 0. The van der Waals surface area contributed by atoms with Crippen molar-refractivity contribution in [2.45, 2.75) is 45.3 Å². The third-order valence-corrected chi connectivity index (χ3v) is 4.01. The first-order chi connectivity index (χ1) is 8.86. The summed E-state index contributed by atoms with van der Waals surface area (Å²) < 4.78 is 38.2. The molecule has 0 bridgehead atoms. The van der Waals surface area contributed by atoms with Crippen LogP contribution in [-0.4, -0.2) is 18.8 Å². The first kappa shape index (κ1) is 14.4. The van der Waals surface area contributed by atoms with Crippen LogP contribution in [0.5, 0.6) is 0 Å². The van der Waals surface area contributed by atoms with Crippen LogP contribution >= 0.6 is 0 Å². The summed E-state index contributed by atoms with van der Waals surface area (Å²) in [7, 11) is 0. The Morgan fingerprint density at radius 2 is 1.95 bits per heavy atom. The van der Waals surface area contributed by atoms with Gasteiger partial charge >= 0.3 is 6.18 Å². The molecule has 1 saturated heterocycles. The Labute approximate surface area is 112 Å². The average molecular weight is 271 g/mol. The Kier molecular flexibility index (Phi) is 4.19. The van der Waals surface area contributed by atoms with Gasteiger partial charge in [0, 0.05) is 6.04 Å². The number of halogens is 3. The summed E-state index contributed by atoms with van der Waals surface area (Å²) in [6, 6.07) is 6.06. The number of rotatable bonds is 2. The molecule has 1 aliphatic heterocycles. The van der Waals surface area contributed by atoms with E-state index in [1.165, 1.54) is 11.1 Å². The molecule has 1 fully saturated rings. The van der Waals surface area contributed by atoms with E-state index in [0.29, 0.717) is 13.0 Å². The van der Waals surface area contributed by atoms with Crippen molar-refractivity contribution < 1.29 is 13.2 Å². The fourth-order valence-electron chi connectivity index (χ4n) is 2.67. The first-order valence-electron chi connectivity index (χ1n) is 6.72. The van der Waals surface area contributed by atoms with Gasteiger partial charge in [-0.15, -0.1) is 0 Å². The highest BCUT2D eigenvalue weighted by Crippen LogP contribution is 2.34. The smallest absolute Gasteiger partial charge is 0.314 e. The standard InChI is InChI=1S/C15H20F3N/c1-10-3-4-12(7-11(10)2)8-14-9-13(5-6-19-14)15(16,17)18/h3-4,7,13-14,19H,5-6,8-9H2,1-2H3. The zero-order valence-corrected chi connectivity index (χ0v) is 11.3. The van der Waals surface area contributed by atoms with Crippen LogP contribution in [0, 0.1) is 19.8 Å². The predicted molar refractivity (Wildman–Crippen MR) is 70.2 cm³/mol. The van der Waals surface area contributed by atoms with Crippen molar-refractivity contribution in [1.82, 2.24) is 5.32 Å². The van der Waals surface area contributed by atoms with E-state index in [9.17, 15) is 13.2 Å². The summed E-state index contributed by atoms with van der Waals surface area (Å²) in [5.74, 6) is -1.15. The van der Waals surface area contributed by atoms with Gasteiger partial charge in [0.1, 0.15) is 0 Å². The predicted octanol–water partition coefficient (Wildman–Crippen LogP) is 3.78. The highest BCUT2D eigenvalue weighted by atomic mass is 19.4. The molecule has 0 aromatic heterocycles. The SMILES string of the molecule is Cc1ccc(CC2CC(C(F)(F)F)CCN2)cc1C. The van der Waals surface area contributed by atoms with E-state index in [1.807, 2.05) is 26.0 Å². The molecule has 1 aliphatic rings. The van der Waals surface area contributed by atoms with E-state index in [2.05, 4.69) is 11.4 Å². The topological polar surface area (TPSA) is 12.0 Å². The fourth-order valence-corrected chi connectivity index (χ4v) is 2.67. The van der Waals surface area contributed by atoms with Crippen LogP contribution in [0.4, 0.5) is 13.2 Å². The van der Waals surface area contributed by atoms with Gasteiger partial charge in [0.15, 0.2) is 0 Å². The van der Waals surface area contributed by atoms with E-state index in [-0.39, 0.29) is 18.9 Å². The molecule has 0 aliphatic carbocycles. The zero-order chi connectivity index (χ0) is 14.0. The van der Waals surface area contributed by atoms with E-state index < -0.39 is 12.1 Å². The number of hydrogen-bond donors (Lipinski definition) is 1. The lowest BCUT2D eigenvalue weighted by Crippen LogP contribution is -2.43. The highest BCUT2D eigenvalue weighted by Gasteiger charge is 2.41. The van der Waals surface area contributed by atoms with Crippen molar-refractivity contribution in [3.63, 3.8) is 0 Å². The van der Waals surface area contributed by atoms with Crippen LogP contribution in [0.1, 0.15) is 29.5 Å². The quantitative estimate of drug-likeness (QED) is 0.863. The Hall–Kier alpha value is -1.03. The van der Waals surface area contributed by atoms with Crippen molar-refractivity contribution in [3.8, 4) is 0 Å². The number of piperidine rings is 1. The first-order valence-corrected chi connectivity index (χ1v) is 6.72. The minimum Gasteiger partial charge on any atom is -0.314 e. The number of hydrogen-bond acceptors (Lipinski definition) is 1. The summed E-state index contributed by atoms with van der Waals surface area (Å²) in [5.41, 5.74) is 3.53. The van der Waals surface area contributed by atoms with Gasteiger partial charge in [0.25, 0.3) is 0 Å². The summed E-state index contributed by atoms with van der Waals surface area (Å²) in [6.07, 6.45) is -2.99. The van der Waals surface area contributed by atoms with Crippen molar-refractivity contribution >= 4 is 0 Å². The van der Waals surface area contributed by atoms with Crippen molar-refractivity contribution in [2.75, 3.05) is 6.54 Å². The molecule has 1 nitrogen and oxygen atoms in total. The van der Waals surface area contributed by atoms with Gasteiger partial charge < -0.3 is 5.32 Å². The average Bonchev–Trinajstić information content (AvgIpc) is 2.33. The molecular weight excluding hydrogens is 251 g/mol. The molecular formula is C15H20F3N. The fraction of sp³-hybridized carbons (Fsp3) is 0.600. The van der Waals surface area contributed by atoms with Gasteiger partial charge in [-0.2, -0.15) is 13.2 Å². The van der Waals surface area contributed by atoms with Gasteiger partial charge in [-0.3, -0.25) is 0 Å². The van der Waals surface area contributed by atoms with Crippen molar-refractivity contribution in [2.24, 2.45) is 5.92 Å². The molecule has 4 heteroatoms. The Bertz CT molecular complexity index is 440. The van der Waals surface area contributed by atoms with E-state index in [0.717, 1.165) is 5.56 Å². The second kappa shape index (κ2) is 5.53. The maximum Gasteiger partial charge on any atom is 0.391 e. The Morgan fingerprint density at radius 1 is 1.21 bits per heavy atom. The molecule has 0 radical (unpaired) electrons. The van der Waals surface area contributed by atoms with Crippen LogP contribution in [0.2, 0.25) is 0 Å². The molecule has 1 aromatic carbocycles. The molecule has 2 atom stereocenters. The number of aryl methyl sites for hydroxylation is 2. The van der Waals surface area contributed by atoms with Crippen LogP contribution in [0.15, 0.2) is 18.2 Å². The molecule has 1 aromatic rings. The van der Waals surface area contributed by atoms with Crippen LogP contribution in [0.3, 0.4) is 0 Å². The van der Waals surface area contributed by atoms with E-state index >= 15 is 0 Å². The monoisotopic (exact) mass is 271 g/mol. The Morgan fingerprint density at radius 3 is 2.58 bits per heavy atom. The maximum absolute atomic E-state index is 12.7. The molecule has 1 heterocycles. The lowest BCUT2D eigenvalue weighted by atomic mass is 9.88. The summed E-state index contributed by atoms with van der Waals surface area (Å²) in [4.78, 5) is 0. The van der Waals surface area contributed by atoms with Crippen LogP contribution in [-0.2, 0) is 6.42 Å². The van der Waals surface area contributed by atoms with Gasteiger partial charge in [-0.05, 0) is 56.3 Å². The molecule has 2 rings (SSSR count). The highest BCUT2D eigenvalue weighted by molar-refractivity contribution is 5.30. The maximum atomic E-state index is 12.7. The molecule has 106 valence electrons. The molecule has 0 amide bonds. The Balaban J connectivity index is 2.00. The second-order valence-corrected chi connectivity index (χ2v) is 5.54. The molecule has 0 spiro atoms. The number of benzene rings is 1. The minimum absolute atomic E-state index is 0.0671. The number of alkyl halides is 3. The second-order valence-electron chi connectivity index (χ2n) is 5.54. The molecule has 19 heavy (non-hydrogen) atoms. The lowest BCUT2D eigenvalue weighted by Gasteiger charge is -2.31. The minimum atomic E-state index is -4.05. The van der Waals surface area contributed by atoms with Gasteiger partial charge in [0.05, 0.1) is 5.92 Å².